The molecule has 1 aliphatic heterocycles. The average Bonchev–Trinajstić information content (AvgIpc) is 2.59. The van der Waals surface area contributed by atoms with Gasteiger partial charge in [0.2, 0.25) is 0 Å². The molecule has 1 unspecified atom stereocenters. The van der Waals surface area contributed by atoms with E-state index in [1.165, 1.54) is 6.07 Å². The molecule has 0 bridgehead atoms. The summed E-state index contributed by atoms with van der Waals surface area (Å²) in [4.78, 5) is 2.15. The van der Waals surface area contributed by atoms with Gasteiger partial charge < -0.3 is 10.6 Å². The Balaban J connectivity index is 2.31. The summed E-state index contributed by atoms with van der Waals surface area (Å²) >= 11 is 0. The lowest BCUT2D eigenvalue weighted by atomic mass is 10.1. The van der Waals surface area contributed by atoms with E-state index in [1.807, 2.05) is 6.07 Å². The lowest BCUT2D eigenvalue weighted by Crippen LogP contribution is -2.40. The van der Waals surface area contributed by atoms with Crippen LogP contribution in [0.3, 0.4) is 0 Å². The highest BCUT2D eigenvalue weighted by atomic mass is 19.1. The molecule has 1 heterocycles. The lowest BCUT2D eigenvalue weighted by molar-refractivity contribution is 0.609. The number of nitrogens with two attached hydrogens (primary N) is 1. The number of benzene rings is 1. The van der Waals surface area contributed by atoms with E-state index in [-0.39, 0.29) is 12.0 Å². The van der Waals surface area contributed by atoms with Crippen LogP contribution >= 0.6 is 0 Å². The largest absolute Gasteiger partial charge is 0.356 e. The first kappa shape index (κ1) is 9.46. The molecule has 2 rings (SSSR count). The summed E-state index contributed by atoms with van der Waals surface area (Å²) < 4.78 is 12.9. The Morgan fingerprint density at radius 2 is 2.36 bits per heavy atom. The Bertz CT molecular complexity index is 338. The number of hydrogen-bond donors (Lipinski definition) is 1. The zero-order chi connectivity index (χ0) is 10.1. The third kappa shape index (κ3) is 1.48. The van der Waals surface area contributed by atoms with Crippen LogP contribution in [0.5, 0.6) is 0 Å². The van der Waals surface area contributed by atoms with E-state index in [1.54, 1.807) is 6.07 Å². The molecule has 0 saturated carbocycles. The summed E-state index contributed by atoms with van der Waals surface area (Å²) in [6.07, 6.45) is 1.87. The van der Waals surface area contributed by atoms with Gasteiger partial charge in [-0.05, 0) is 36.6 Å². The van der Waals surface area contributed by atoms with Crippen molar-refractivity contribution in [2.75, 3.05) is 11.4 Å². The van der Waals surface area contributed by atoms with Crippen LogP contribution in [0.15, 0.2) is 18.2 Å². The van der Waals surface area contributed by atoms with E-state index < -0.39 is 0 Å². The van der Waals surface area contributed by atoms with Gasteiger partial charge in [-0.1, -0.05) is 6.92 Å². The molecule has 0 spiro atoms. The normalized spacial score (nSPS) is 16.9. The standard InChI is InChI=1S/C11H15FN2/c1-2-11(13)14-6-5-8-7-9(12)3-4-10(8)14/h3-4,7,11H,2,5-6,13H2,1H3. The zero-order valence-corrected chi connectivity index (χ0v) is 8.33. The first-order valence-corrected chi connectivity index (χ1v) is 5.03. The predicted molar refractivity (Wildman–Crippen MR) is 55.7 cm³/mol. The summed E-state index contributed by atoms with van der Waals surface area (Å²) in [7, 11) is 0. The summed E-state index contributed by atoms with van der Waals surface area (Å²) in [6.45, 7) is 2.97. The van der Waals surface area contributed by atoms with Crippen LogP contribution < -0.4 is 10.6 Å². The minimum Gasteiger partial charge on any atom is -0.356 e. The van der Waals surface area contributed by atoms with Crippen molar-refractivity contribution in [3.63, 3.8) is 0 Å². The maximum atomic E-state index is 12.9. The molecule has 0 aromatic heterocycles. The van der Waals surface area contributed by atoms with Crippen molar-refractivity contribution < 1.29 is 4.39 Å². The lowest BCUT2D eigenvalue weighted by Gasteiger charge is -2.25. The van der Waals surface area contributed by atoms with E-state index >= 15 is 0 Å². The van der Waals surface area contributed by atoms with Gasteiger partial charge in [-0.15, -0.1) is 0 Å². The third-order valence-corrected chi connectivity index (χ3v) is 2.79. The maximum absolute atomic E-state index is 12.9. The van der Waals surface area contributed by atoms with Crippen LogP contribution in [-0.4, -0.2) is 12.7 Å². The predicted octanol–water partition coefficient (Wildman–Crippen LogP) is 1.88. The second-order valence-electron chi connectivity index (χ2n) is 3.69. The molecule has 0 amide bonds. The molecule has 1 aromatic rings. The summed E-state index contributed by atoms with van der Waals surface area (Å²) in [5.41, 5.74) is 8.14. The van der Waals surface area contributed by atoms with Crippen LogP contribution in [0.25, 0.3) is 0 Å². The molecule has 2 N–H and O–H groups in total. The molecule has 76 valence electrons. The summed E-state index contributed by atoms with van der Waals surface area (Å²) in [5, 5.41) is 0. The molecule has 0 saturated heterocycles. The van der Waals surface area contributed by atoms with Gasteiger partial charge in [0, 0.05) is 12.2 Å². The minimum absolute atomic E-state index is 0.0571. The van der Waals surface area contributed by atoms with Crippen LogP contribution in [0.1, 0.15) is 18.9 Å². The van der Waals surface area contributed by atoms with Gasteiger partial charge in [0.15, 0.2) is 0 Å². The topological polar surface area (TPSA) is 29.3 Å². The number of halogens is 1. The van der Waals surface area contributed by atoms with Crippen molar-refractivity contribution in [2.24, 2.45) is 5.73 Å². The minimum atomic E-state index is -0.157. The molecule has 0 radical (unpaired) electrons. The van der Waals surface area contributed by atoms with Gasteiger partial charge in [0.25, 0.3) is 0 Å². The molecule has 2 nitrogen and oxygen atoms in total. The van der Waals surface area contributed by atoms with Gasteiger partial charge in [-0.2, -0.15) is 0 Å². The molecule has 0 fully saturated rings. The van der Waals surface area contributed by atoms with Crippen molar-refractivity contribution >= 4 is 5.69 Å². The first-order chi connectivity index (χ1) is 6.72. The highest BCUT2D eigenvalue weighted by molar-refractivity contribution is 5.58. The number of anilines is 1. The second kappa shape index (κ2) is 3.58. The first-order valence-electron chi connectivity index (χ1n) is 5.03. The van der Waals surface area contributed by atoms with Crippen LogP contribution in [0.2, 0.25) is 0 Å². The van der Waals surface area contributed by atoms with Gasteiger partial charge in [-0.25, -0.2) is 4.39 Å². The molecule has 1 aromatic carbocycles. The Labute approximate surface area is 83.5 Å². The Kier molecular flexibility index (Phi) is 2.42. The highest BCUT2D eigenvalue weighted by Gasteiger charge is 2.22. The van der Waals surface area contributed by atoms with Crippen LogP contribution in [0, 0.1) is 5.82 Å². The fourth-order valence-electron chi connectivity index (χ4n) is 1.96. The number of hydrogen-bond acceptors (Lipinski definition) is 2. The monoisotopic (exact) mass is 194 g/mol. The van der Waals surface area contributed by atoms with Gasteiger partial charge >= 0.3 is 0 Å². The van der Waals surface area contributed by atoms with E-state index in [0.717, 1.165) is 30.6 Å². The summed E-state index contributed by atoms with van der Waals surface area (Å²) in [6, 6.07) is 4.93. The van der Waals surface area contributed by atoms with Crippen LogP contribution in [0.4, 0.5) is 10.1 Å². The average molecular weight is 194 g/mol. The second-order valence-corrected chi connectivity index (χ2v) is 3.69. The Morgan fingerprint density at radius 1 is 1.57 bits per heavy atom. The van der Waals surface area contributed by atoms with E-state index in [0.29, 0.717) is 0 Å². The molecule has 3 heteroatoms. The maximum Gasteiger partial charge on any atom is 0.123 e. The highest BCUT2D eigenvalue weighted by Crippen LogP contribution is 2.29. The number of nitrogens with zero attached hydrogens (tertiary/aromatic N) is 1. The smallest absolute Gasteiger partial charge is 0.123 e. The zero-order valence-electron chi connectivity index (χ0n) is 8.33. The third-order valence-electron chi connectivity index (χ3n) is 2.79. The molecule has 1 atom stereocenters. The van der Waals surface area contributed by atoms with Gasteiger partial charge in [0.05, 0.1) is 6.17 Å². The van der Waals surface area contributed by atoms with Crippen molar-refractivity contribution in [1.82, 2.24) is 0 Å². The summed E-state index contributed by atoms with van der Waals surface area (Å²) in [5.74, 6) is -0.157. The van der Waals surface area contributed by atoms with Gasteiger partial charge in [0.1, 0.15) is 5.82 Å². The number of fused-ring (bicyclic) bond motifs is 1. The molecule has 0 aliphatic carbocycles. The molecule has 14 heavy (non-hydrogen) atoms. The Hall–Kier alpha value is -1.09. The van der Waals surface area contributed by atoms with Crippen molar-refractivity contribution in [3.8, 4) is 0 Å². The fourth-order valence-corrected chi connectivity index (χ4v) is 1.96. The fraction of sp³-hybridized carbons (Fsp3) is 0.455. The van der Waals surface area contributed by atoms with Crippen molar-refractivity contribution in [1.29, 1.82) is 0 Å². The van der Waals surface area contributed by atoms with E-state index in [2.05, 4.69) is 11.8 Å². The van der Waals surface area contributed by atoms with Crippen LogP contribution in [-0.2, 0) is 6.42 Å². The quantitative estimate of drug-likeness (QED) is 0.779. The van der Waals surface area contributed by atoms with E-state index in [9.17, 15) is 4.39 Å². The van der Waals surface area contributed by atoms with Gasteiger partial charge in [-0.3, -0.25) is 0 Å². The van der Waals surface area contributed by atoms with Crippen molar-refractivity contribution in [2.45, 2.75) is 25.9 Å². The van der Waals surface area contributed by atoms with E-state index in [4.69, 9.17) is 5.73 Å². The molecular formula is C11H15FN2. The number of rotatable bonds is 2. The van der Waals surface area contributed by atoms with Crippen molar-refractivity contribution in [3.05, 3.63) is 29.6 Å². The Morgan fingerprint density at radius 3 is 3.07 bits per heavy atom. The molecule has 1 aliphatic rings. The SMILES string of the molecule is CCC(N)N1CCc2cc(F)ccc21. The molecular weight excluding hydrogens is 179 g/mol.